The van der Waals surface area contributed by atoms with Crippen LogP contribution in [0, 0.1) is 6.92 Å². The molecular formula is C18H14ClN5S. The Hall–Kier alpha value is -2.44. The molecule has 0 saturated carbocycles. The second-order valence-corrected chi connectivity index (χ2v) is 6.93. The highest BCUT2D eigenvalue weighted by Gasteiger charge is 2.12. The molecule has 0 aliphatic heterocycles. The topological polar surface area (TPSA) is 56.5 Å². The van der Waals surface area contributed by atoms with E-state index in [0.29, 0.717) is 10.9 Å². The highest BCUT2D eigenvalue weighted by molar-refractivity contribution is 7.98. The molecule has 2 aromatic carbocycles. The van der Waals surface area contributed by atoms with Crippen molar-refractivity contribution in [3.05, 3.63) is 70.9 Å². The lowest BCUT2D eigenvalue weighted by Gasteiger charge is -2.07. The molecule has 4 aromatic rings. The lowest BCUT2D eigenvalue weighted by atomic mass is 10.2. The molecule has 0 spiro atoms. The number of aromatic nitrogens is 5. The van der Waals surface area contributed by atoms with Gasteiger partial charge in [0.05, 0.1) is 11.2 Å². The molecule has 0 aliphatic carbocycles. The van der Waals surface area contributed by atoms with Crippen LogP contribution < -0.4 is 0 Å². The van der Waals surface area contributed by atoms with E-state index in [0.717, 1.165) is 32.9 Å². The van der Waals surface area contributed by atoms with Crippen molar-refractivity contribution in [2.45, 2.75) is 17.8 Å². The molecule has 5 nitrogen and oxygen atoms in total. The molecule has 0 aliphatic rings. The van der Waals surface area contributed by atoms with Gasteiger partial charge in [0.2, 0.25) is 5.16 Å². The second-order valence-electron chi connectivity index (χ2n) is 5.63. The summed E-state index contributed by atoms with van der Waals surface area (Å²) < 4.78 is 1.74. The van der Waals surface area contributed by atoms with Crippen molar-refractivity contribution in [2.24, 2.45) is 0 Å². The van der Waals surface area contributed by atoms with Crippen molar-refractivity contribution in [1.29, 1.82) is 0 Å². The largest absolute Gasteiger partial charge is 0.236 e. The van der Waals surface area contributed by atoms with E-state index in [9.17, 15) is 0 Å². The number of hydrogen-bond donors (Lipinski definition) is 0. The monoisotopic (exact) mass is 367 g/mol. The first-order valence-corrected chi connectivity index (χ1v) is 9.09. The van der Waals surface area contributed by atoms with Crippen LogP contribution in [0.5, 0.6) is 0 Å². The van der Waals surface area contributed by atoms with Crippen LogP contribution in [-0.4, -0.2) is 25.2 Å². The van der Waals surface area contributed by atoms with E-state index in [1.807, 2.05) is 55.5 Å². The van der Waals surface area contributed by atoms with Gasteiger partial charge in [0.25, 0.3) is 0 Å². The molecule has 4 rings (SSSR count). The number of halogens is 1. The molecule has 2 aromatic heterocycles. The average Bonchev–Trinajstić information content (AvgIpc) is 3.08. The van der Waals surface area contributed by atoms with Gasteiger partial charge in [0.15, 0.2) is 0 Å². The van der Waals surface area contributed by atoms with E-state index in [4.69, 9.17) is 11.6 Å². The van der Waals surface area contributed by atoms with Crippen molar-refractivity contribution >= 4 is 34.3 Å². The van der Waals surface area contributed by atoms with Crippen molar-refractivity contribution < 1.29 is 0 Å². The van der Waals surface area contributed by atoms with Crippen LogP contribution in [0.2, 0.25) is 5.15 Å². The lowest BCUT2D eigenvalue weighted by Crippen LogP contribution is -1.99. The number of tetrazole rings is 1. The van der Waals surface area contributed by atoms with E-state index in [2.05, 4.69) is 26.6 Å². The zero-order valence-electron chi connectivity index (χ0n) is 13.4. The summed E-state index contributed by atoms with van der Waals surface area (Å²) in [6, 6.07) is 18.1. The Morgan fingerprint density at radius 1 is 1.08 bits per heavy atom. The summed E-state index contributed by atoms with van der Waals surface area (Å²) in [5, 5.41) is 14.3. The smallest absolute Gasteiger partial charge is 0.214 e. The van der Waals surface area contributed by atoms with E-state index >= 15 is 0 Å². The van der Waals surface area contributed by atoms with E-state index < -0.39 is 0 Å². The molecule has 0 radical (unpaired) electrons. The quantitative estimate of drug-likeness (QED) is 0.393. The maximum absolute atomic E-state index is 6.34. The predicted molar refractivity (Wildman–Crippen MR) is 100 cm³/mol. The third-order valence-electron chi connectivity index (χ3n) is 3.79. The third kappa shape index (κ3) is 3.36. The number of aryl methyl sites for hydroxylation is 1. The van der Waals surface area contributed by atoms with Gasteiger partial charge >= 0.3 is 0 Å². The Bertz CT molecular complexity index is 1050. The number of thioether (sulfide) groups is 1. The summed E-state index contributed by atoms with van der Waals surface area (Å²) in [6.45, 7) is 2.04. The van der Waals surface area contributed by atoms with Crippen molar-refractivity contribution in [3.8, 4) is 5.69 Å². The Morgan fingerprint density at radius 2 is 1.96 bits per heavy atom. The molecule has 0 unspecified atom stereocenters. The van der Waals surface area contributed by atoms with Gasteiger partial charge in [-0.15, -0.1) is 5.10 Å². The molecule has 0 amide bonds. The Balaban J connectivity index is 1.60. The van der Waals surface area contributed by atoms with E-state index in [1.165, 1.54) is 11.8 Å². The Morgan fingerprint density at radius 3 is 2.84 bits per heavy atom. The van der Waals surface area contributed by atoms with Crippen LogP contribution in [0.1, 0.15) is 11.1 Å². The molecule has 0 atom stereocenters. The molecular weight excluding hydrogens is 354 g/mol. The Labute approximate surface area is 154 Å². The molecule has 0 bridgehead atoms. The van der Waals surface area contributed by atoms with Gasteiger partial charge in [0, 0.05) is 16.7 Å². The molecule has 0 N–H and O–H groups in total. The zero-order chi connectivity index (χ0) is 17.2. The second kappa shape index (κ2) is 6.82. The summed E-state index contributed by atoms with van der Waals surface area (Å²) >= 11 is 7.87. The van der Waals surface area contributed by atoms with Crippen molar-refractivity contribution in [1.82, 2.24) is 25.2 Å². The minimum Gasteiger partial charge on any atom is -0.236 e. The average molecular weight is 368 g/mol. The molecule has 7 heteroatoms. The fourth-order valence-corrected chi connectivity index (χ4v) is 3.73. The van der Waals surface area contributed by atoms with E-state index in [1.54, 1.807) is 4.68 Å². The number of para-hydroxylation sites is 1. The fourth-order valence-electron chi connectivity index (χ4n) is 2.57. The van der Waals surface area contributed by atoms with Gasteiger partial charge in [-0.25, -0.2) is 4.98 Å². The molecule has 124 valence electrons. The van der Waals surface area contributed by atoms with Gasteiger partial charge < -0.3 is 0 Å². The standard InChI is InChI=1S/C18H14ClN5S/c1-12-5-4-7-15(9-12)24-18(21-22-23-24)25-11-14-10-13-6-2-3-8-16(13)20-17(14)19/h2-10H,11H2,1H3. The first kappa shape index (κ1) is 16.1. The summed E-state index contributed by atoms with van der Waals surface area (Å²) in [6.07, 6.45) is 0. The van der Waals surface area contributed by atoms with Gasteiger partial charge in [0.1, 0.15) is 5.15 Å². The fraction of sp³-hybridized carbons (Fsp3) is 0.111. The number of rotatable bonds is 4. The molecule has 25 heavy (non-hydrogen) atoms. The maximum Gasteiger partial charge on any atom is 0.214 e. The van der Waals surface area contributed by atoms with Crippen LogP contribution >= 0.6 is 23.4 Å². The summed E-state index contributed by atoms with van der Waals surface area (Å²) in [5.41, 5.74) is 3.95. The van der Waals surface area contributed by atoms with Crippen molar-refractivity contribution in [2.75, 3.05) is 0 Å². The summed E-state index contributed by atoms with van der Waals surface area (Å²) in [4.78, 5) is 4.46. The highest BCUT2D eigenvalue weighted by atomic mass is 35.5. The minimum absolute atomic E-state index is 0.515. The van der Waals surface area contributed by atoms with Gasteiger partial charge in [-0.1, -0.05) is 53.7 Å². The van der Waals surface area contributed by atoms with E-state index in [-0.39, 0.29) is 0 Å². The number of fused-ring (bicyclic) bond motifs is 1. The van der Waals surface area contributed by atoms with Crippen LogP contribution in [0.4, 0.5) is 0 Å². The SMILES string of the molecule is Cc1cccc(-n2nnnc2SCc2cc3ccccc3nc2Cl)c1. The highest BCUT2D eigenvalue weighted by Crippen LogP contribution is 2.28. The molecule has 0 fully saturated rings. The molecule has 0 saturated heterocycles. The summed E-state index contributed by atoms with van der Waals surface area (Å²) in [7, 11) is 0. The van der Waals surface area contributed by atoms with Crippen molar-refractivity contribution in [3.63, 3.8) is 0 Å². The van der Waals surface area contributed by atoms with Crippen LogP contribution in [0.25, 0.3) is 16.6 Å². The maximum atomic E-state index is 6.34. The predicted octanol–water partition coefficient (Wildman–Crippen LogP) is 4.46. The summed E-state index contributed by atoms with van der Waals surface area (Å²) in [5.74, 6) is 0.642. The number of nitrogens with zero attached hydrogens (tertiary/aromatic N) is 5. The normalized spacial score (nSPS) is 11.1. The van der Waals surface area contributed by atoms with Gasteiger partial charge in [-0.3, -0.25) is 0 Å². The number of pyridine rings is 1. The van der Waals surface area contributed by atoms with Crippen LogP contribution in [0.3, 0.4) is 0 Å². The minimum atomic E-state index is 0.515. The lowest BCUT2D eigenvalue weighted by molar-refractivity contribution is 0.755. The van der Waals surface area contributed by atoms with Crippen LogP contribution in [0.15, 0.2) is 59.8 Å². The first-order chi connectivity index (χ1) is 12.2. The number of benzene rings is 2. The van der Waals surface area contributed by atoms with Gasteiger partial charge in [-0.05, 0) is 47.2 Å². The zero-order valence-corrected chi connectivity index (χ0v) is 15.0. The first-order valence-electron chi connectivity index (χ1n) is 7.73. The Kier molecular flexibility index (Phi) is 4.38. The number of hydrogen-bond acceptors (Lipinski definition) is 5. The molecule has 2 heterocycles. The van der Waals surface area contributed by atoms with Gasteiger partial charge in [-0.2, -0.15) is 4.68 Å². The van der Waals surface area contributed by atoms with Crippen LogP contribution in [-0.2, 0) is 5.75 Å². The third-order valence-corrected chi connectivity index (χ3v) is 5.09.